The number of nitrogens with two attached hydrogens (primary N) is 1. The van der Waals surface area contributed by atoms with Crippen LogP contribution in [0.15, 0.2) is 53.5 Å². The summed E-state index contributed by atoms with van der Waals surface area (Å²) in [7, 11) is 0. The molecule has 4 N–H and O–H groups in total. The van der Waals surface area contributed by atoms with Crippen LogP contribution in [0.4, 0.5) is 30.5 Å². The lowest BCUT2D eigenvalue weighted by Gasteiger charge is -2.06. The molecule has 0 aliphatic rings. The fraction of sp³-hybridized carbons (Fsp3) is 0.0556. The van der Waals surface area contributed by atoms with E-state index < -0.39 is 17.6 Å². The van der Waals surface area contributed by atoms with Gasteiger partial charge in [-0.1, -0.05) is 23.7 Å². The van der Waals surface area contributed by atoms with Gasteiger partial charge in [0.05, 0.1) is 5.56 Å². The summed E-state index contributed by atoms with van der Waals surface area (Å²) in [6.45, 7) is 0. The van der Waals surface area contributed by atoms with Crippen molar-refractivity contribution in [3.05, 3.63) is 70.2 Å². The molecule has 0 fully saturated rings. The molecular weight excluding hydrogens is 395 g/mol. The predicted octanol–water partition coefficient (Wildman–Crippen LogP) is 4.68. The lowest BCUT2D eigenvalue weighted by molar-refractivity contribution is -0.137. The van der Waals surface area contributed by atoms with Crippen molar-refractivity contribution in [1.29, 1.82) is 0 Å². The second-order valence-corrected chi connectivity index (χ2v) is 6.11. The van der Waals surface area contributed by atoms with Crippen molar-refractivity contribution in [2.24, 2.45) is 10.7 Å². The first kappa shape index (κ1) is 19.4. The molecule has 0 atom stereocenters. The molecule has 3 rings (SSSR count). The summed E-state index contributed by atoms with van der Waals surface area (Å²) in [5, 5.41) is 10.1. The third-order valence-corrected chi connectivity index (χ3v) is 3.93. The largest absolute Gasteiger partial charge is 0.416 e. The SMILES string of the molecule is NC(=O)c1c(N=Cc2ccc(C(F)(F)F)cc2)n[nH]c1Nc1ccc(Cl)cc1. The van der Waals surface area contributed by atoms with Crippen LogP contribution in [0.25, 0.3) is 0 Å². The van der Waals surface area contributed by atoms with Crippen molar-refractivity contribution in [3.63, 3.8) is 0 Å². The van der Waals surface area contributed by atoms with E-state index in [0.29, 0.717) is 16.3 Å². The van der Waals surface area contributed by atoms with Gasteiger partial charge < -0.3 is 11.1 Å². The molecule has 0 unspecified atom stereocenters. The molecule has 0 saturated carbocycles. The average Bonchev–Trinajstić information content (AvgIpc) is 3.04. The zero-order chi connectivity index (χ0) is 20.3. The minimum Gasteiger partial charge on any atom is -0.365 e. The monoisotopic (exact) mass is 407 g/mol. The highest BCUT2D eigenvalue weighted by molar-refractivity contribution is 6.30. The summed E-state index contributed by atoms with van der Waals surface area (Å²) >= 11 is 5.83. The first-order valence-corrected chi connectivity index (χ1v) is 8.24. The van der Waals surface area contributed by atoms with Crippen molar-refractivity contribution >= 4 is 41.0 Å². The van der Waals surface area contributed by atoms with Crippen LogP contribution in [-0.4, -0.2) is 22.3 Å². The second kappa shape index (κ2) is 7.73. The summed E-state index contributed by atoms with van der Waals surface area (Å²) in [5.74, 6) is -0.539. The molecule has 1 amide bonds. The molecule has 1 heterocycles. The topological polar surface area (TPSA) is 96.2 Å². The molecule has 0 aliphatic heterocycles. The van der Waals surface area contributed by atoms with Crippen LogP contribution in [-0.2, 0) is 6.18 Å². The number of aromatic amines is 1. The van der Waals surface area contributed by atoms with E-state index in [1.54, 1.807) is 24.3 Å². The standard InChI is InChI=1S/C18H13ClF3N5O/c19-12-5-7-13(8-6-12)25-17-14(15(23)28)16(26-27-17)24-9-10-1-3-11(4-2-10)18(20,21)22/h1-9H,(H2,23,28)(H2,25,26,27). The predicted molar refractivity (Wildman–Crippen MR) is 101 cm³/mol. The van der Waals surface area contributed by atoms with E-state index in [1.165, 1.54) is 18.3 Å². The van der Waals surface area contributed by atoms with Gasteiger partial charge in [-0.15, -0.1) is 0 Å². The van der Waals surface area contributed by atoms with E-state index in [1.807, 2.05) is 0 Å². The third kappa shape index (κ3) is 4.49. The quantitative estimate of drug-likeness (QED) is 0.536. The van der Waals surface area contributed by atoms with Crippen molar-refractivity contribution in [2.75, 3.05) is 5.32 Å². The molecule has 28 heavy (non-hydrogen) atoms. The van der Waals surface area contributed by atoms with Crippen LogP contribution >= 0.6 is 11.6 Å². The summed E-state index contributed by atoms with van der Waals surface area (Å²) in [5.41, 5.74) is 5.70. The van der Waals surface area contributed by atoms with Crippen molar-refractivity contribution in [2.45, 2.75) is 6.18 Å². The average molecular weight is 408 g/mol. The van der Waals surface area contributed by atoms with Gasteiger partial charge in [0.1, 0.15) is 11.4 Å². The molecule has 0 bridgehead atoms. The number of carbonyl (C=O) groups excluding carboxylic acids is 1. The van der Waals surface area contributed by atoms with Crippen molar-refractivity contribution in [1.82, 2.24) is 10.2 Å². The lowest BCUT2D eigenvalue weighted by Crippen LogP contribution is -2.12. The number of carbonyl (C=O) groups is 1. The summed E-state index contributed by atoms with van der Waals surface area (Å²) in [4.78, 5) is 15.9. The Morgan fingerprint density at radius 3 is 2.36 bits per heavy atom. The Kier molecular flexibility index (Phi) is 5.36. The Morgan fingerprint density at radius 1 is 1.14 bits per heavy atom. The molecule has 3 aromatic rings. The first-order chi connectivity index (χ1) is 13.2. The Bertz CT molecular complexity index is 1010. The number of rotatable bonds is 5. The second-order valence-electron chi connectivity index (χ2n) is 5.67. The molecule has 10 heteroatoms. The van der Waals surface area contributed by atoms with Gasteiger partial charge >= 0.3 is 6.18 Å². The molecule has 6 nitrogen and oxygen atoms in total. The summed E-state index contributed by atoms with van der Waals surface area (Å²) in [6.07, 6.45) is -3.13. The molecule has 0 spiro atoms. The zero-order valence-electron chi connectivity index (χ0n) is 14.1. The highest BCUT2D eigenvalue weighted by atomic mass is 35.5. The number of nitrogens with one attached hydrogen (secondary N) is 2. The van der Waals surface area contributed by atoms with E-state index in [-0.39, 0.29) is 17.2 Å². The van der Waals surface area contributed by atoms with Crippen molar-refractivity contribution < 1.29 is 18.0 Å². The number of halogens is 4. The van der Waals surface area contributed by atoms with Gasteiger partial charge in [-0.25, -0.2) is 4.99 Å². The van der Waals surface area contributed by atoms with E-state index in [9.17, 15) is 18.0 Å². The smallest absolute Gasteiger partial charge is 0.365 e. The van der Waals surface area contributed by atoms with Crippen LogP contribution in [0.1, 0.15) is 21.5 Å². The minimum absolute atomic E-state index is 0.00358. The molecule has 0 radical (unpaired) electrons. The van der Waals surface area contributed by atoms with Gasteiger partial charge in [-0.2, -0.15) is 18.3 Å². The van der Waals surface area contributed by atoms with Gasteiger partial charge in [0.15, 0.2) is 5.82 Å². The van der Waals surface area contributed by atoms with E-state index in [4.69, 9.17) is 17.3 Å². The summed E-state index contributed by atoms with van der Waals surface area (Å²) < 4.78 is 37.8. The molecule has 144 valence electrons. The minimum atomic E-state index is -4.42. The normalized spacial score (nSPS) is 11.7. The van der Waals surface area contributed by atoms with Crippen molar-refractivity contribution in [3.8, 4) is 0 Å². The number of primary amides is 1. The fourth-order valence-electron chi connectivity index (χ4n) is 2.32. The maximum absolute atomic E-state index is 12.6. The Hall–Kier alpha value is -3.33. The molecule has 0 saturated heterocycles. The molecule has 2 aromatic carbocycles. The van der Waals surface area contributed by atoms with Gasteiger partial charge in [-0.05, 0) is 42.0 Å². The number of hydrogen-bond donors (Lipinski definition) is 3. The Labute approximate surface area is 162 Å². The van der Waals surface area contributed by atoms with E-state index in [2.05, 4.69) is 20.5 Å². The number of nitrogens with zero attached hydrogens (tertiary/aromatic N) is 2. The first-order valence-electron chi connectivity index (χ1n) is 7.86. The van der Waals surface area contributed by atoms with Crippen LogP contribution in [0.2, 0.25) is 5.02 Å². The maximum atomic E-state index is 12.6. The van der Waals surface area contributed by atoms with Gasteiger partial charge in [0, 0.05) is 16.9 Å². The Morgan fingerprint density at radius 2 is 1.79 bits per heavy atom. The highest BCUT2D eigenvalue weighted by Gasteiger charge is 2.29. The van der Waals surface area contributed by atoms with Crippen LogP contribution < -0.4 is 11.1 Å². The molecule has 0 aliphatic carbocycles. The zero-order valence-corrected chi connectivity index (χ0v) is 14.8. The summed E-state index contributed by atoms with van der Waals surface area (Å²) in [6, 6.07) is 11.1. The molecule has 1 aromatic heterocycles. The van der Waals surface area contributed by atoms with Crippen LogP contribution in [0.3, 0.4) is 0 Å². The number of anilines is 2. The third-order valence-electron chi connectivity index (χ3n) is 3.68. The molecular formula is C18H13ClF3N5O. The maximum Gasteiger partial charge on any atom is 0.416 e. The fourth-order valence-corrected chi connectivity index (χ4v) is 2.45. The number of H-pyrrole nitrogens is 1. The van der Waals surface area contributed by atoms with Crippen LogP contribution in [0, 0.1) is 0 Å². The lowest BCUT2D eigenvalue weighted by atomic mass is 10.1. The number of alkyl halides is 3. The highest BCUT2D eigenvalue weighted by Crippen LogP contribution is 2.29. The number of aliphatic imine (C=N–C) groups is 1. The number of benzene rings is 2. The van der Waals surface area contributed by atoms with Crippen LogP contribution in [0.5, 0.6) is 0 Å². The number of aromatic nitrogens is 2. The number of amides is 1. The van der Waals surface area contributed by atoms with Gasteiger partial charge in [0.25, 0.3) is 5.91 Å². The van der Waals surface area contributed by atoms with E-state index >= 15 is 0 Å². The van der Waals surface area contributed by atoms with Gasteiger partial charge in [0.2, 0.25) is 0 Å². The van der Waals surface area contributed by atoms with Gasteiger partial charge in [-0.3, -0.25) is 9.89 Å². The number of hydrogen-bond acceptors (Lipinski definition) is 4. The Balaban J connectivity index is 1.84. The van der Waals surface area contributed by atoms with E-state index in [0.717, 1.165) is 12.1 Å².